The number of halogens is 5. The number of carboxylic acids is 1. The summed E-state index contributed by atoms with van der Waals surface area (Å²) < 4.78 is 53.2. The number of aromatic carboxylic acids is 1. The molecule has 1 heterocycles. The molecule has 0 aliphatic rings. The van der Waals surface area contributed by atoms with Crippen LogP contribution in [0.2, 0.25) is 5.02 Å². The fourth-order valence-electron chi connectivity index (χ4n) is 3.07. The highest BCUT2D eigenvalue weighted by molar-refractivity contribution is 6.31. The number of carbonyl (C=O) groups is 2. The molecule has 3 rings (SSSR count). The Labute approximate surface area is 176 Å². The van der Waals surface area contributed by atoms with Gasteiger partial charge in [-0.3, -0.25) is 9.59 Å². The molecule has 31 heavy (non-hydrogen) atoms. The minimum absolute atomic E-state index is 0.175. The maximum Gasteiger partial charge on any atom is 0.416 e. The number of amides is 1. The lowest BCUT2D eigenvalue weighted by Gasteiger charge is -2.14. The molecule has 0 radical (unpaired) electrons. The topological polar surface area (TPSA) is 99.3 Å². The summed E-state index contributed by atoms with van der Waals surface area (Å²) in [6, 6.07) is 6.32. The molecule has 0 atom stereocenters. The van der Waals surface area contributed by atoms with Crippen molar-refractivity contribution in [2.24, 2.45) is 0 Å². The van der Waals surface area contributed by atoms with E-state index in [4.69, 9.17) is 16.7 Å². The smallest absolute Gasteiger partial charge is 0.416 e. The Morgan fingerprint density at radius 2 is 1.87 bits per heavy atom. The fourth-order valence-corrected chi connectivity index (χ4v) is 3.32. The van der Waals surface area contributed by atoms with Crippen LogP contribution in [0.15, 0.2) is 41.2 Å². The van der Waals surface area contributed by atoms with Gasteiger partial charge >= 0.3 is 12.1 Å². The van der Waals surface area contributed by atoms with Crippen molar-refractivity contribution in [3.63, 3.8) is 0 Å². The molecule has 0 saturated carbocycles. The Morgan fingerprint density at radius 3 is 2.52 bits per heavy atom. The highest BCUT2D eigenvalue weighted by Gasteiger charge is 2.34. The van der Waals surface area contributed by atoms with Crippen LogP contribution in [-0.4, -0.2) is 22.0 Å². The first kappa shape index (κ1) is 22.3. The number of carboxylic acid groups (broad SMARTS) is 1. The number of carbonyl (C=O) groups excluding carboxylic acids is 1. The molecule has 0 aliphatic carbocycles. The van der Waals surface area contributed by atoms with Crippen molar-refractivity contribution in [1.82, 2.24) is 10.3 Å². The van der Waals surface area contributed by atoms with E-state index < -0.39 is 52.5 Å². The molecule has 1 amide bonds. The third-order valence-corrected chi connectivity index (χ3v) is 4.68. The number of nitrogens with one attached hydrogen (secondary N) is 2. The van der Waals surface area contributed by atoms with Crippen LogP contribution in [-0.2, 0) is 23.9 Å². The Kier molecular flexibility index (Phi) is 6.03. The highest BCUT2D eigenvalue weighted by Crippen LogP contribution is 2.33. The van der Waals surface area contributed by atoms with Gasteiger partial charge in [0.1, 0.15) is 11.4 Å². The zero-order valence-corrected chi connectivity index (χ0v) is 16.2. The summed E-state index contributed by atoms with van der Waals surface area (Å²) in [5.41, 5.74) is -2.94. The van der Waals surface area contributed by atoms with Crippen LogP contribution in [0.4, 0.5) is 17.6 Å². The minimum Gasteiger partial charge on any atom is -0.477 e. The predicted octanol–water partition coefficient (Wildman–Crippen LogP) is 3.90. The number of aromatic nitrogens is 1. The lowest BCUT2D eigenvalue weighted by atomic mass is 10.0. The molecule has 0 spiro atoms. The molecule has 3 aromatic rings. The van der Waals surface area contributed by atoms with Gasteiger partial charge in [-0.2, -0.15) is 13.2 Å². The summed E-state index contributed by atoms with van der Waals surface area (Å²) in [4.78, 5) is 37.7. The second-order valence-electron chi connectivity index (χ2n) is 6.56. The zero-order valence-electron chi connectivity index (χ0n) is 15.4. The summed E-state index contributed by atoms with van der Waals surface area (Å²) in [5, 5.41) is 11.9. The quantitative estimate of drug-likeness (QED) is 0.507. The number of alkyl halides is 3. The van der Waals surface area contributed by atoms with E-state index in [1.165, 1.54) is 12.1 Å². The summed E-state index contributed by atoms with van der Waals surface area (Å²) in [7, 11) is 0. The van der Waals surface area contributed by atoms with Gasteiger partial charge in [0.15, 0.2) is 0 Å². The molecule has 0 bridgehead atoms. The van der Waals surface area contributed by atoms with E-state index in [0.29, 0.717) is 6.07 Å². The van der Waals surface area contributed by atoms with Gasteiger partial charge in [0.25, 0.3) is 5.56 Å². The molecular formula is C20H13ClF4N2O4. The number of fused-ring (bicyclic) bond motifs is 1. The number of H-pyrrole nitrogens is 1. The van der Waals surface area contributed by atoms with Gasteiger partial charge < -0.3 is 15.4 Å². The Bertz CT molecular complexity index is 1250. The van der Waals surface area contributed by atoms with Gasteiger partial charge in [-0.1, -0.05) is 17.7 Å². The highest BCUT2D eigenvalue weighted by atomic mass is 35.5. The molecule has 1 aromatic heterocycles. The summed E-state index contributed by atoms with van der Waals surface area (Å²) in [6.07, 6.45) is -5.69. The third kappa shape index (κ3) is 4.85. The summed E-state index contributed by atoms with van der Waals surface area (Å²) in [6.45, 7) is -0.256. The van der Waals surface area contributed by atoms with Crippen LogP contribution in [0, 0.1) is 5.82 Å². The Morgan fingerprint density at radius 1 is 1.16 bits per heavy atom. The maximum atomic E-state index is 13.9. The Balaban J connectivity index is 1.87. The van der Waals surface area contributed by atoms with Gasteiger partial charge in [0.2, 0.25) is 5.91 Å². The van der Waals surface area contributed by atoms with E-state index in [1.54, 1.807) is 0 Å². The van der Waals surface area contributed by atoms with Crippen molar-refractivity contribution in [2.75, 3.05) is 0 Å². The number of hydrogen-bond acceptors (Lipinski definition) is 3. The number of rotatable bonds is 5. The minimum atomic E-state index is -4.83. The van der Waals surface area contributed by atoms with Gasteiger partial charge in [-0.15, -0.1) is 0 Å². The van der Waals surface area contributed by atoms with E-state index in [-0.39, 0.29) is 28.0 Å². The average molecular weight is 457 g/mol. The van der Waals surface area contributed by atoms with Crippen molar-refractivity contribution in [3.05, 3.63) is 79.8 Å². The molecule has 2 aromatic carbocycles. The van der Waals surface area contributed by atoms with Crippen molar-refractivity contribution in [1.29, 1.82) is 0 Å². The molecule has 0 fully saturated rings. The normalized spacial score (nSPS) is 11.5. The number of hydrogen-bond donors (Lipinski definition) is 3. The molecule has 0 unspecified atom stereocenters. The summed E-state index contributed by atoms with van der Waals surface area (Å²) >= 11 is 6.01. The van der Waals surface area contributed by atoms with Crippen LogP contribution in [0.25, 0.3) is 10.9 Å². The van der Waals surface area contributed by atoms with Gasteiger partial charge in [-0.25, -0.2) is 9.18 Å². The van der Waals surface area contributed by atoms with E-state index in [2.05, 4.69) is 10.3 Å². The molecular weight excluding hydrogens is 444 g/mol. The SMILES string of the molecule is O=C(Cc1c(F)cccc1C(F)(F)F)NCc1cc(Cl)cc2cc(C(=O)O)c(=O)[nH]c12. The number of pyridine rings is 1. The molecule has 6 nitrogen and oxygen atoms in total. The van der Waals surface area contributed by atoms with Gasteiger partial charge in [-0.05, 0) is 35.9 Å². The number of benzene rings is 2. The van der Waals surface area contributed by atoms with E-state index in [0.717, 1.165) is 18.2 Å². The third-order valence-electron chi connectivity index (χ3n) is 4.47. The first-order chi connectivity index (χ1) is 14.5. The average Bonchev–Trinajstić information content (AvgIpc) is 2.66. The van der Waals surface area contributed by atoms with Crippen LogP contribution >= 0.6 is 11.6 Å². The largest absolute Gasteiger partial charge is 0.477 e. The molecule has 11 heteroatoms. The lowest BCUT2D eigenvalue weighted by molar-refractivity contribution is -0.138. The second-order valence-corrected chi connectivity index (χ2v) is 7.00. The standard InChI is InChI=1S/C20H13ClF4N2O4/c21-11-4-9-6-13(19(30)31)18(29)27-17(9)10(5-11)8-26-16(28)7-12-14(20(23,24)25)2-1-3-15(12)22/h1-6H,7-8H2,(H,26,28)(H,27,29)(H,30,31). The van der Waals surface area contributed by atoms with E-state index in [9.17, 15) is 31.9 Å². The van der Waals surface area contributed by atoms with E-state index >= 15 is 0 Å². The molecule has 3 N–H and O–H groups in total. The van der Waals surface area contributed by atoms with Crippen molar-refractivity contribution in [3.8, 4) is 0 Å². The predicted molar refractivity (Wildman–Crippen MR) is 103 cm³/mol. The van der Waals surface area contributed by atoms with Gasteiger partial charge in [0.05, 0.1) is 17.5 Å². The maximum absolute atomic E-state index is 13.9. The van der Waals surface area contributed by atoms with Crippen LogP contribution < -0.4 is 10.9 Å². The first-order valence-corrected chi connectivity index (χ1v) is 9.05. The van der Waals surface area contributed by atoms with Crippen LogP contribution in [0.5, 0.6) is 0 Å². The molecule has 0 saturated heterocycles. The fraction of sp³-hybridized carbons (Fsp3) is 0.150. The number of aromatic amines is 1. The molecule has 0 aliphatic heterocycles. The van der Waals surface area contributed by atoms with E-state index in [1.807, 2.05) is 0 Å². The van der Waals surface area contributed by atoms with Crippen molar-refractivity contribution < 1.29 is 32.3 Å². The summed E-state index contributed by atoms with van der Waals surface area (Å²) in [5.74, 6) is -3.50. The zero-order chi connectivity index (χ0) is 22.9. The van der Waals surface area contributed by atoms with Crippen molar-refractivity contribution in [2.45, 2.75) is 19.1 Å². The Hall–Kier alpha value is -3.40. The monoisotopic (exact) mass is 456 g/mol. The van der Waals surface area contributed by atoms with Crippen LogP contribution in [0.1, 0.15) is 27.0 Å². The second kappa shape index (κ2) is 8.38. The molecule has 162 valence electrons. The van der Waals surface area contributed by atoms with Crippen molar-refractivity contribution >= 4 is 34.4 Å². The lowest BCUT2D eigenvalue weighted by Crippen LogP contribution is -2.27. The first-order valence-electron chi connectivity index (χ1n) is 8.67. The van der Waals surface area contributed by atoms with Gasteiger partial charge in [0, 0.05) is 22.5 Å². The van der Waals surface area contributed by atoms with Crippen LogP contribution in [0.3, 0.4) is 0 Å².